The minimum Gasteiger partial charge on any atom is -0.375 e. The van der Waals surface area contributed by atoms with Crippen LogP contribution in [-0.2, 0) is 10.3 Å². The third-order valence-corrected chi connectivity index (χ3v) is 5.29. The summed E-state index contributed by atoms with van der Waals surface area (Å²) >= 11 is 1.36. The minimum absolute atomic E-state index is 0.418. The summed E-state index contributed by atoms with van der Waals surface area (Å²) in [6.07, 6.45) is 4.08. The smallest absolute Gasteiger partial charge is 0.270 e. The van der Waals surface area contributed by atoms with Gasteiger partial charge in [0, 0.05) is 7.11 Å². The van der Waals surface area contributed by atoms with Crippen molar-refractivity contribution in [3.63, 3.8) is 0 Å². The Kier molecular flexibility index (Phi) is 3.71. The summed E-state index contributed by atoms with van der Waals surface area (Å²) in [4.78, 5) is 9.59. The van der Waals surface area contributed by atoms with E-state index in [1.165, 1.54) is 11.3 Å². The first-order valence-electron chi connectivity index (χ1n) is 7.16. The van der Waals surface area contributed by atoms with Crippen LogP contribution in [0.15, 0.2) is 4.52 Å². The highest BCUT2D eigenvalue weighted by Crippen LogP contribution is 2.41. The van der Waals surface area contributed by atoms with Crippen molar-refractivity contribution in [2.45, 2.75) is 45.1 Å². The summed E-state index contributed by atoms with van der Waals surface area (Å²) in [5.74, 6) is 1.84. The Balaban J connectivity index is 1.92. The number of ether oxygens (including phenoxy) is 1. The zero-order valence-electron chi connectivity index (χ0n) is 12.5. The van der Waals surface area contributed by atoms with Crippen molar-refractivity contribution in [2.75, 3.05) is 12.8 Å². The van der Waals surface area contributed by atoms with Crippen LogP contribution in [0.25, 0.3) is 10.8 Å². The molecule has 0 spiro atoms. The maximum absolute atomic E-state index is 5.78. The summed E-state index contributed by atoms with van der Waals surface area (Å²) in [7, 11) is 1.72. The molecule has 1 aliphatic rings. The third-order valence-electron chi connectivity index (χ3n) is 4.31. The monoisotopic (exact) mass is 308 g/mol. The van der Waals surface area contributed by atoms with E-state index in [-0.39, 0.29) is 0 Å². The van der Waals surface area contributed by atoms with Gasteiger partial charge in [-0.25, -0.2) is 4.98 Å². The lowest BCUT2D eigenvalue weighted by Gasteiger charge is -2.35. The molecule has 0 aromatic carbocycles. The SMILES string of the molecule is COC1(c2noc(-c3sc(N)nc3C)n2)CCC(C)CC1. The maximum atomic E-state index is 5.78. The molecule has 2 heterocycles. The highest BCUT2D eigenvalue weighted by atomic mass is 32.1. The van der Waals surface area contributed by atoms with Gasteiger partial charge in [0.15, 0.2) is 5.13 Å². The topological polar surface area (TPSA) is 87.1 Å². The summed E-state index contributed by atoms with van der Waals surface area (Å²) < 4.78 is 11.2. The summed E-state index contributed by atoms with van der Waals surface area (Å²) in [5.41, 5.74) is 6.12. The molecule has 0 amide bonds. The Labute approximate surface area is 127 Å². The average molecular weight is 308 g/mol. The van der Waals surface area contributed by atoms with E-state index in [1.54, 1.807) is 7.11 Å². The van der Waals surface area contributed by atoms with Gasteiger partial charge >= 0.3 is 0 Å². The number of nitrogens with zero attached hydrogens (tertiary/aromatic N) is 3. The first-order valence-corrected chi connectivity index (χ1v) is 7.98. The predicted octanol–water partition coefficient (Wildman–Crippen LogP) is 3.14. The van der Waals surface area contributed by atoms with Crippen molar-refractivity contribution in [2.24, 2.45) is 5.92 Å². The van der Waals surface area contributed by atoms with E-state index in [1.807, 2.05) is 6.92 Å². The first kappa shape index (κ1) is 14.5. The molecule has 7 heteroatoms. The Morgan fingerprint density at radius 2 is 2.05 bits per heavy atom. The van der Waals surface area contributed by atoms with Crippen molar-refractivity contribution in [1.82, 2.24) is 15.1 Å². The number of nitrogen functional groups attached to an aromatic ring is 1. The third kappa shape index (κ3) is 2.55. The number of aryl methyl sites for hydroxylation is 1. The van der Waals surface area contributed by atoms with Gasteiger partial charge in [0.05, 0.1) is 5.69 Å². The fourth-order valence-electron chi connectivity index (χ4n) is 2.86. The minimum atomic E-state index is -0.418. The standard InChI is InChI=1S/C14H20N4O2S/c1-8-4-6-14(19-3,7-5-8)12-17-11(20-18-12)10-9(2)16-13(15)21-10/h8H,4-7H2,1-3H3,(H2,15,16). The lowest BCUT2D eigenvalue weighted by molar-refractivity contribution is -0.0609. The van der Waals surface area contributed by atoms with Crippen LogP contribution in [0.3, 0.4) is 0 Å². The highest BCUT2D eigenvalue weighted by Gasteiger charge is 2.40. The van der Waals surface area contributed by atoms with Crippen molar-refractivity contribution in [1.29, 1.82) is 0 Å². The maximum Gasteiger partial charge on any atom is 0.270 e. The average Bonchev–Trinajstić information content (AvgIpc) is 3.07. The molecule has 3 rings (SSSR count). The number of methoxy groups -OCH3 is 1. The van der Waals surface area contributed by atoms with Gasteiger partial charge in [-0.2, -0.15) is 4.98 Å². The molecule has 21 heavy (non-hydrogen) atoms. The molecule has 0 radical (unpaired) electrons. The lowest BCUT2D eigenvalue weighted by atomic mass is 9.79. The van der Waals surface area contributed by atoms with Crippen LogP contribution >= 0.6 is 11.3 Å². The van der Waals surface area contributed by atoms with Crippen molar-refractivity contribution >= 4 is 16.5 Å². The molecule has 6 nitrogen and oxygen atoms in total. The Morgan fingerprint density at radius 3 is 2.62 bits per heavy atom. The quantitative estimate of drug-likeness (QED) is 0.937. The molecule has 0 unspecified atom stereocenters. The number of nitrogens with two attached hydrogens (primary N) is 1. The van der Waals surface area contributed by atoms with Gasteiger partial charge in [-0.15, -0.1) is 0 Å². The molecule has 114 valence electrons. The predicted molar refractivity (Wildman–Crippen MR) is 80.9 cm³/mol. The van der Waals surface area contributed by atoms with Crippen LogP contribution < -0.4 is 5.73 Å². The second kappa shape index (κ2) is 5.38. The summed E-state index contributed by atoms with van der Waals surface area (Å²) in [6, 6.07) is 0. The molecule has 2 aromatic heterocycles. The normalized spacial score (nSPS) is 26.1. The first-order chi connectivity index (χ1) is 10.0. The molecule has 2 aromatic rings. The van der Waals surface area contributed by atoms with Crippen LogP contribution in [0.4, 0.5) is 5.13 Å². The zero-order valence-corrected chi connectivity index (χ0v) is 13.4. The van der Waals surface area contributed by atoms with E-state index < -0.39 is 5.60 Å². The van der Waals surface area contributed by atoms with Crippen LogP contribution in [0.1, 0.15) is 44.1 Å². The number of thiazole rings is 1. The number of rotatable bonds is 3. The molecule has 1 aliphatic carbocycles. The van der Waals surface area contributed by atoms with Crippen LogP contribution in [0.2, 0.25) is 0 Å². The molecule has 1 fully saturated rings. The van der Waals surface area contributed by atoms with Gasteiger partial charge in [0.25, 0.3) is 5.89 Å². The Hall–Kier alpha value is -1.47. The molecule has 0 saturated heterocycles. The molecule has 0 atom stereocenters. The second-order valence-electron chi connectivity index (χ2n) is 5.77. The van der Waals surface area contributed by atoms with E-state index in [9.17, 15) is 0 Å². The van der Waals surface area contributed by atoms with Gasteiger partial charge < -0.3 is 15.0 Å². The number of hydrogen-bond donors (Lipinski definition) is 1. The zero-order chi connectivity index (χ0) is 15.0. The van der Waals surface area contributed by atoms with Gasteiger partial charge in [-0.05, 0) is 38.5 Å². The largest absolute Gasteiger partial charge is 0.375 e. The van der Waals surface area contributed by atoms with Crippen molar-refractivity contribution in [3.05, 3.63) is 11.5 Å². The Morgan fingerprint density at radius 1 is 1.33 bits per heavy atom. The van der Waals surface area contributed by atoms with E-state index >= 15 is 0 Å². The summed E-state index contributed by atoms with van der Waals surface area (Å²) in [6.45, 7) is 4.16. The van der Waals surface area contributed by atoms with E-state index in [2.05, 4.69) is 22.0 Å². The van der Waals surface area contributed by atoms with E-state index in [0.29, 0.717) is 16.8 Å². The molecule has 1 saturated carbocycles. The molecule has 2 N–H and O–H groups in total. The van der Waals surface area contributed by atoms with Crippen molar-refractivity contribution < 1.29 is 9.26 Å². The van der Waals surface area contributed by atoms with Gasteiger partial charge in [-0.3, -0.25) is 0 Å². The van der Waals surface area contributed by atoms with Crippen LogP contribution in [0.5, 0.6) is 0 Å². The van der Waals surface area contributed by atoms with Crippen LogP contribution in [-0.4, -0.2) is 22.2 Å². The van der Waals surface area contributed by atoms with Crippen molar-refractivity contribution in [3.8, 4) is 10.8 Å². The van der Waals surface area contributed by atoms with E-state index in [0.717, 1.165) is 42.2 Å². The van der Waals surface area contributed by atoms with E-state index in [4.69, 9.17) is 15.0 Å². The summed E-state index contributed by atoms with van der Waals surface area (Å²) in [5, 5.41) is 4.67. The fourth-order valence-corrected chi connectivity index (χ4v) is 3.62. The van der Waals surface area contributed by atoms with Gasteiger partial charge in [0.1, 0.15) is 10.5 Å². The lowest BCUT2D eigenvalue weighted by Crippen LogP contribution is -2.34. The van der Waals surface area contributed by atoms with Crippen LogP contribution in [0, 0.1) is 12.8 Å². The fraction of sp³-hybridized carbons (Fsp3) is 0.643. The highest BCUT2D eigenvalue weighted by molar-refractivity contribution is 7.18. The molecular weight excluding hydrogens is 288 g/mol. The number of hydrogen-bond acceptors (Lipinski definition) is 7. The Bertz CT molecular complexity index is 629. The molecule has 0 bridgehead atoms. The van der Waals surface area contributed by atoms with Gasteiger partial charge in [0.2, 0.25) is 5.82 Å². The molecule has 0 aliphatic heterocycles. The van der Waals surface area contributed by atoms with Gasteiger partial charge in [-0.1, -0.05) is 23.4 Å². The molecular formula is C14H20N4O2S. The second-order valence-corrected chi connectivity index (χ2v) is 6.80. The number of anilines is 1. The number of aromatic nitrogens is 3.